The summed E-state index contributed by atoms with van der Waals surface area (Å²) in [5.74, 6) is 1.66. The molecule has 0 radical (unpaired) electrons. The highest BCUT2D eigenvalue weighted by molar-refractivity contribution is 6.30. The summed E-state index contributed by atoms with van der Waals surface area (Å²) in [6.07, 6.45) is 4.69. The molecule has 0 aromatic heterocycles. The number of hydrogen-bond donors (Lipinski definition) is 1. The number of hydrogen-bond acceptors (Lipinski definition) is 2. The SMILES string of the molecule is CCc1c(CC2CCCNC2)cc(Cl)cc1OC. The van der Waals surface area contributed by atoms with Crippen molar-refractivity contribution >= 4 is 11.6 Å². The maximum atomic E-state index is 6.18. The van der Waals surface area contributed by atoms with Crippen molar-refractivity contribution in [3.63, 3.8) is 0 Å². The third-order valence-corrected chi connectivity index (χ3v) is 3.97. The molecule has 0 saturated carbocycles. The Kier molecular flexibility index (Phi) is 4.90. The summed E-state index contributed by atoms with van der Waals surface area (Å²) in [6.45, 7) is 4.46. The van der Waals surface area contributed by atoms with Gasteiger partial charge in [-0.2, -0.15) is 0 Å². The summed E-state index contributed by atoms with van der Waals surface area (Å²) in [6, 6.07) is 4.03. The Bertz CT molecular complexity index is 400. The van der Waals surface area contributed by atoms with E-state index in [1.807, 2.05) is 6.07 Å². The van der Waals surface area contributed by atoms with Crippen molar-refractivity contribution < 1.29 is 4.74 Å². The first-order valence-electron chi connectivity index (χ1n) is 6.80. The number of nitrogens with one attached hydrogen (secondary N) is 1. The summed E-state index contributed by atoms with van der Waals surface area (Å²) in [7, 11) is 1.72. The topological polar surface area (TPSA) is 21.3 Å². The summed E-state index contributed by atoms with van der Waals surface area (Å²) < 4.78 is 5.45. The predicted molar refractivity (Wildman–Crippen MR) is 76.7 cm³/mol. The average Bonchev–Trinajstić information content (AvgIpc) is 2.39. The van der Waals surface area contributed by atoms with Crippen LogP contribution in [0.3, 0.4) is 0 Å². The quantitative estimate of drug-likeness (QED) is 0.902. The van der Waals surface area contributed by atoms with Crippen LogP contribution in [0.25, 0.3) is 0 Å². The van der Waals surface area contributed by atoms with Crippen LogP contribution < -0.4 is 10.1 Å². The zero-order valence-electron chi connectivity index (χ0n) is 11.3. The predicted octanol–water partition coefficient (Wildman–Crippen LogP) is 3.45. The lowest BCUT2D eigenvalue weighted by molar-refractivity contribution is 0.373. The molecule has 1 heterocycles. The number of benzene rings is 1. The molecule has 1 atom stereocenters. The molecule has 1 aromatic rings. The Balaban J connectivity index is 2.21. The van der Waals surface area contributed by atoms with E-state index in [1.54, 1.807) is 7.11 Å². The van der Waals surface area contributed by atoms with E-state index in [-0.39, 0.29) is 0 Å². The largest absolute Gasteiger partial charge is 0.496 e. The summed E-state index contributed by atoms with van der Waals surface area (Å²) in [5.41, 5.74) is 2.67. The smallest absolute Gasteiger partial charge is 0.123 e. The standard InChI is InChI=1S/C15H22ClNO/c1-3-14-12(7-11-5-4-6-17-10-11)8-13(16)9-15(14)18-2/h8-9,11,17H,3-7,10H2,1-2H3. The zero-order chi connectivity index (χ0) is 13.0. The normalized spacial score (nSPS) is 19.8. The van der Waals surface area contributed by atoms with Gasteiger partial charge in [-0.15, -0.1) is 0 Å². The molecule has 0 aliphatic carbocycles. The van der Waals surface area contributed by atoms with Crippen LogP contribution in [-0.2, 0) is 12.8 Å². The monoisotopic (exact) mass is 267 g/mol. The minimum atomic E-state index is 0.729. The Morgan fingerprint density at radius 2 is 2.28 bits per heavy atom. The van der Waals surface area contributed by atoms with E-state index in [9.17, 15) is 0 Å². The lowest BCUT2D eigenvalue weighted by Crippen LogP contribution is -2.31. The molecule has 100 valence electrons. The van der Waals surface area contributed by atoms with Crippen LogP contribution in [0.1, 0.15) is 30.9 Å². The third kappa shape index (κ3) is 3.18. The Labute approximate surface area is 115 Å². The van der Waals surface area contributed by atoms with Gasteiger partial charge in [0, 0.05) is 5.02 Å². The van der Waals surface area contributed by atoms with Gasteiger partial charge in [0.15, 0.2) is 0 Å². The van der Waals surface area contributed by atoms with E-state index < -0.39 is 0 Å². The van der Waals surface area contributed by atoms with Gasteiger partial charge in [0.2, 0.25) is 0 Å². The van der Waals surface area contributed by atoms with Crippen molar-refractivity contribution in [1.82, 2.24) is 5.32 Å². The molecule has 18 heavy (non-hydrogen) atoms. The number of methoxy groups -OCH3 is 1. The molecule has 0 amide bonds. The average molecular weight is 268 g/mol. The molecule has 1 fully saturated rings. The molecule has 2 rings (SSSR count). The first-order chi connectivity index (χ1) is 8.74. The van der Waals surface area contributed by atoms with E-state index in [4.69, 9.17) is 16.3 Å². The lowest BCUT2D eigenvalue weighted by atomic mass is 9.89. The molecule has 1 aliphatic rings. The van der Waals surface area contributed by atoms with E-state index in [2.05, 4.69) is 18.3 Å². The Morgan fingerprint density at radius 1 is 1.44 bits per heavy atom. The van der Waals surface area contributed by atoms with Crippen molar-refractivity contribution in [2.24, 2.45) is 5.92 Å². The fraction of sp³-hybridized carbons (Fsp3) is 0.600. The zero-order valence-corrected chi connectivity index (χ0v) is 12.0. The van der Waals surface area contributed by atoms with Crippen LogP contribution in [-0.4, -0.2) is 20.2 Å². The second-order valence-corrected chi connectivity index (χ2v) is 5.45. The Morgan fingerprint density at radius 3 is 2.89 bits per heavy atom. The summed E-state index contributed by atoms with van der Waals surface area (Å²) in [5, 5.41) is 4.25. The van der Waals surface area contributed by atoms with E-state index >= 15 is 0 Å². The third-order valence-electron chi connectivity index (χ3n) is 3.75. The fourth-order valence-electron chi connectivity index (χ4n) is 2.84. The molecule has 1 N–H and O–H groups in total. The summed E-state index contributed by atoms with van der Waals surface area (Å²) in [4.78, 5) is 0. The van der Waals surface area contributed by atoms with Crippen molar-refractivity contribution in [3.8, 4) is 5.75 Å². The van der Waals surface area contributed by atoms with Crippen molar-refractivity contribution in [3.05, 3.63) is 28.3 Å². The van der Waals surface area contributed by atoms with Gasteiger partial charge in [-0.25, -0.2) is 0 Å². The van der Waals surface area contributed by atoms with Crippen LogP contribution in [0.2, 0.25) is 5.02 Å². The van der Waals surface area contributed by atoms with Gasteiger partial charge in [-0.05, 0) is 68.0 Å². The second kappa shape index (κ2) is 6.44. The molecular formula is C15H22ClNO. The summed E-state index contributed by atoms with van der Waals surface area (Å²) >= 11 is 6.18. The first kappa shape index (κ1) is 13.7. The maximum absolute atomic E-state index is 6.18. The van der Waals surface area contributed by atoms with Gasteiger partial charge in [0.1, 0.15) is 5.75 Å². The number of rotatable bonds is 4. The van der Waals surface area contributed by atoms with Gasteiger partial charge in [-0.3, -0.25) is 0 Å². The van der Waals surface area contributed by atoms with Gasteiger partial charge in [-0.1, -0.05) is 18.5 Å². The van der Waals surface area contributed by atoms with Crippen LogP contribution in [0, 0.1) is 5.92 Å². The molecule has 0 spiro atoms. The van der Waals surface area contributed by atoms with Crippen LogP contribution in [0.5, 0.6) is 5.75 Å². The van der Waals surface area contributed by atoms with Crippen LogP contribution in [0.4, 0.5) is 0 Å². The van der Waals surface area contributed by atoms with E-state index in [0.29, 0.717) is 0 Å². The minimum Gasteiger partial charge on any atom is -0.496 e. The highest BCUT2D eigenvalue weighted by Gasteiger charge is 2.17. The molecule has 1 aliphatic heterocycles. The van der Waals surface area contributed by atoms with Gasteiger partial charge >= 0.3 is 0 Å². The van der Waals surface area contributed by atoms with E-state index in [0.717, 1.165) is 42.6 Å². The first-order valence-corrected chi connectivity index (χ1v) is 7.18. The van der Waals surface area contributed by atoms with Crippen molar-refractivity contribution in [2.75, 3.05) is 20.2 Å². The maximum Gasteiger partial charge on any atom is 0.123 e. The van der Waals surface area contributed by atoms with Crippen LogP contribution >= 0.6 is 11.6 Å². The van der Waals surface area contributed by atoms with Gasteiger partial charge < -0.3 is 10.1 Å². The molecule has 0 bridgehead atoms. The molecule has 1 saturated heterocycles. The molecule has 2 nitrogen and oxygen atoms in total. The van der Waals surface area contributed by atoms with Gasteiger partial charge in [0.05, 0.1) is 7.11 Å². The highest BCUT2D eigenvalue weighted by atomic mass is 35.5. The number of ether oxygens (including phenoxy) is 1. The van der Waals surface area contributed by atoms with Gasteiger partial charge in [0.25, 0.3) is 0 Å². The molecule has 1 aromatic carbocycles. The molecule has 1 unspecified atom stereocenters. The highest BCUT2D eigenvalue weighted by Crippen LogP contribution is 2.30. The lowest BCUT2D eigenvalue weighted by Gasteiger charge is -2.24. The molecular weight excluding hydrogens is 246 g/mol. The van der Waals surface area contributed by atoms with E-state index in [1.165, 1.54) is 24.0 Å². The minimum absolute atomic E-state index is 0.729. The van der Waals surface area contributed by atoms with Crippen molar-refractivity contribution in [2.45, 2.75) is 32.6 Å². The van der Waals surface area contributed by atoms with Crippen molar-refractivity contribution in [1.29, 1.82) is 0 Å². The second-order valence-electron chi connectivity index (χ2n) is 5.02. The number of halogens is 1. The van der Waals surface area contributed by atoms with Crippen LogP contribution in [0.15, 0.2) is 12.1 Å². The molecule has 3 heteroatoms. The number of piperidine rings is 1. The Hall–Kier alpha value is -0.730. The fourth-order valence-corrected chi connectivity index (χ4v) is 3.07.